The summed E-state index contributed by atoms with van der Waals surface area (Å²) in [7, 11) is 0.565. The predicted octanol–water partition coefficient (Wildman–Crippen LogP) is 0.102. The normalized spacial score (nSPS) is 12.0. The van der Waals surface area contributed by atoms with Crippen LogP contribution in [0.15, 0.2) is 4.90 Å². The largest absolute Gasteiger partial charge is 0.382 e. The Hall–Kier alpha value is -0.860. The van der Waals surface area contributed by atoms with Crippen LogP contribution in [0.2, 0.25) is 0 Å². The Kier molecular flexibility index (Phi) is 4.11. The van der Waals surface area contributed by atoms with Gasteiger partial charge in [0.1, 0.15) is 9.90 Å². The van der Waals surface area contributed by atoms with E-state index in [1.165, 1.54) is 0 Å². The molecule has 0 fully saturated rings. The van der Waals surface area contributed by atoms with Crippen LogP contribution in [0.1, 0.15) is 0 Å². The van der Waals surface area contributed by atoms with Crippen molar-refractivity contribution in [1.29, 1.82) is 0 Å². The van der Waals surface area contributed by atoms with Crippen LogP contribution in [0.3, 0.4) is 0 Å². The van der Waals surface area contributed by atoms with E-state index in [0.29, 0.717) is 11.5 Å². The highest BCUT2D eigenvalue weighted by Gasteiger charge is 2.20. The number of aromatic nitrogens is 1. The molecule has 0 spiro atoms. The van der Waals surface area contributed by atoms with Gasteiger partial charge in [0.05, 0.1) is 0 Å². The zero-order valence-corrected chi connectivity index (χ0v) is 11.2. The summed E-state index contributed by atoms with van der Waals surface area (Å²) >= 11 is 1.07. The maximum Gasteiger partial charge on any atom is 0.182 e. The lowest BCUT2D eigenvalue weighted by Crippen LogP contribution is -2.21. The smallest absolute Gasteiger partial charge is 0.182 e. The molecule has 0 aliphatic rings. The third-order valence-corrected chi connectivity index (χ3v) is 3.99. The summed E-state index contributed by atoms with van der Waals surface area (Å²) < 4.78 is 26.8. The molecular weight excluding hydrogens is 248 g/mol. The van der Waals surface area contributed by atoms with Crippen LogP contribution in [-0.2, 0) is 9.84 Å². The molecule has 0 unspecified atom stereocenters. The van der Waals surface area contributed by atoms with Gasteiger partial charge in [-0.2, -0.15) is 4.37 Å². The van der Waals surface area contributed by atoms with Gasteiger partial charge in [0.2, 0.25) is 0 Å². The molecule has 6 nitrogen and oxygen atoms in total. The molecule has 1 aromatic heterocycles. The minimum atomic E-state index is -3.32. The molecule has 3 N–H and O–H groups in total. The lowest BCUT2D eigenvalue weighted by molar-refractivity contribution is 0.425. The lowest BCUT2D eigenvalue weighted by atomic mass is 10.5. The fourth-order valence-corrected chi connectivity index (χ4v) is 3.25. The maximum absolute atomic E-state index is 11.5. The molecule has 0 bridgehead atoms. The molecule has 0 aliphatic heterocycles. The number of hydrogen-bond donors (Lipinski definition) is 2. The highest BCUT2D eigenvalue weighted by atomic mass is 32.2. The Bertz CT molecular complexity index is 453. The minimum Gasteiger partial charge on any atom is -0.382 e. The first-order valence-electron chi connectivity index (χ1n) is 4.66. The van der Waals surface area contributed by atoms with Gasteiger partial charge in [0.25, 0.3) is 0 Å². The first kappa shape index (κ1) is 13.2. The molecule has 1 rings (SSSR count). The van der Waals surface area contributed by atoms with Crippen molar-refractivity contribution < 1.29 is 8.42 Å². The van der Waals surface area contributed by atoms with E-state index in [-0.39, 0.29) is 10.7 Å². The Morgan fingerprint density at radius 2 is 2.12 bits per heavy atom. The number of hydrogen-bond acceptors (Lipinski definition) is 7. The predicted molar refractivity (Wildman–Crippen MR) is 66.7 cm³/mol. The highest BCUT2D eigenvalue weighted by Crippen LogP contribution is 2.30. The van der Waals surface area contributed by atoms with Crippen molar-refractivity contribution in [2.75, 3.05) is 44.5 Å². The van der Waals surface area contributed by atoms with Crippen LogP contribution in [0, 0.1) is 0 Å². The molecule has 0 saturated heterocycles. The summed E-state index contributed by atoms with van der Waals surface area (Å²) in [5, 5.41) is 3.54. The van der Waals surface area contributed by atoms with Crippen molar-refractivity contribution in [2.45, 2.75) is 4.90 Å². The average Bonchev–Trinajstić information content (AvgIpc) is 2.45. The highest BCUT2D eigenvalue weighted by molar-refractivity contribution is 7.91. The van der Waals surface area contributed by atoms with E-state index in [0.717, 1.165) is 24.3 Å². The number of nitrogens with two attached hydrogens (primary N) is 1. The third-order valence-electron chi connectivity index (χ3n) is 1.89. The van der Waals surface area contributed by atoms with Gasteiger partial charge in [-0.3, -0.25) is 0 Å². The van der Waals surface area contributed by atoms with Gasteiger partial charge < -0.3 is 16.0 Å². The fourth-order valence-electron chi connectivity index (χ4n) is 1.16. The van der Waals surface area contributed by atoms with Crippen LogP contribution in [-0.4, -0.2) is 51.1 Å². The Labute approximate surface area is 99.5 Å². The fraction of sp³-hybridized carbons (Fsp3) is 0.625. The van der Waals surface area contributed by atoms with Crippen molar-refractivity contribution in [3.8, 4) is 0 Å². The second-order valence-electron chi connectivity index (χ2n) is 3.73. The van der Waals surface area contributed by atoms with Crippen LogP contribution in [0.25, 0.3) is 0 Å². The van der Waals surface area contributed by atoms with Crippen LogP contribution >= 0.6 is 11.5 Å². The molecular formula is C8H16N4O2S2. The Morgan fingerprint density at radius 3 is 2.62 bits per heavy atom. The van der Waals surface area contributed by atoms with Gasteiger partial charge in [-0.15, -0.1) is 0 Å². The summed E-state index contributed by atoms with van der Waals surface area (Å²) in [6, 6.07) is 0. The van der Waals surface area contributed by atoms with E-state index in [1.807, 2.05) is 19.0 Å². The standard InChI is InChI=1S/C8H16N4O2S2/c1-12(2)5-4-10-8-6(16(3,13)14)7(9)11-15-8/h10H,4-5H2,1-3H3,(H2,9,11). The van der Waals surface area contributed by atoms with Gasteiger partial charge in [-0.1, -0.05) is 0 Å². The number of anilines is 2. The first-order valence-corrected chi connectivity index (χ1v) is 7.32. The molecule has 0 aromatic carbocycles. The third kappa shape index (κ3) is 3.32. The molecule has 0 amide bonds. The van der Waals surface area contributed by atoms with E-state index < -0.39 is 9.84 Å². The lowest BCUT2D eigenvalue weighted by Gasteiger charge is -2.10. The summed E-state index contributed by atoms with van der Waals surface area (Å²) in [4.78, 5) is 2.11. The van der Waals surface area contributed by atoms with Crippen molar-refractivity contribution in [3.63, 3.8) is 0 Å². The summed E-state index contributed by atoms with van der Waals surface area (Å²) in [5.41, 5.74) is 5.53. The Morgan fingerprint density at radius 1 is 1.50 bits per heavy atom. The van der Waals surface area contributed by atoms with Gasteiger partial charge in [0, 0.05) is 19.3 Å². The maximum atomic E-state index is 11.5. The molecule has 8 heteroatoms. The second-order valence-corrected chi connectivity index (χ2v) is 6.45. The molecule has 0 radical (unpaired) electrons. The number of nitrogens with zero attached hydrogens (tertiary/aromatic N) is 2. The number of nitrogen functional groups attached to an aromatic ring is 1. The molecule has 0 aliphatic carbocycles. The van der Waals surface area contributed by atoms with Crippen molar-refractivity contribution in [2.24, 2.45) is 0 Å². The summed E-state index contributed by atoms with van der Waals surface area (Å²) in [6.45, 7) is 1.46. The number of nitrogens with one attached hydrogen (secondary N) is 1. The minimum absolute atomic E-state index is 0.0693. The van der Waals surface area contributed by atoms with E-state index in [1.54, 1.807) is 0 Å². The van der Waals surface area contributed by atoms with Crippen molar-refractivity contribution in [3.05, 3.63) is 0 Å². The van der Waals surface area contributed by atoms with E-state index in [9.17, 15) is 8.42 Å². The van der Waals surface area contributed by atoms with Crippen LogP contribution < -0.4 is 11.1 Å². The molecule has 0 saturated carbocycles. The number of likely N-dealkylation sites (N-methyl/N-ethyl adjacent to an activating group) is 1. The van der Waals surface area contributed by atoms with Gasteiger partial charge >= 0.3 is 0 Å². The van der Waals surface area contributed by atoms with E-state index in [2.05, 4.69) is 9.69 Å². The topological polar surface area (TPSA) is 88.3 Å². The van der Waals surface area contributed by atoms with Crippen molar-refractivity contribution >= 4 is 32.2 Å². The van der Waals surface area contributed by atoms with Crippen molar-refractivity contribution in [1.82, 2.24) is 9.27 Å². The SMILES string of the molecule is CN(C)CCNc1snc(N)c1S(C)(=O)=O. The van der Waals surface area contributed by atoms with E-state index in [4.69, 9.17) is 5.73 Å². The molecule has 92 valence electrons. The van der Waals surface area contributed by atoms with E-state index >= 15 is 0 Å². The first-order chi connectivity index (χ1) is 7.32. The molecule has 1 aromatic rings. The average molecular weight is 264 g/mol. The monoisotopic (exact) mass is 264 g/mol. The number of sulfone groups is 1. The van der Waals surface area contributed by atoms with Crippen LogP contribution in [0.5, 0.6) is 0 Å². The summed E-state index contributed by atoms with van der Waals surface area (Å²) in [6.07, 6.45) is 1.13. The quantitative estimate of drug-likeness (QED) is 0.784. The van der Waals surface area contributed by atoms with Gasteiger partial charge in [-0.05, 0) is 25.6 Å². The molecule has 0 atom stereocenters. The summed E-state index contributed by atoms with van der Waals surface area (Å²) in [5.74, 6) is 0.0693. The zero-order valence-electron chi connectivity index (χ0n) is 9.52. The van der Waals surface area contributed by atoms with Gasteiger partial charge in [0.15, 0.2) is 15.7 Å². The second kappa shape index (κ2) is 4.98. The zero-order chi connectivity index (χ0) is 12.3. The molecule has 16 heavy (non-hydrogen) atoms. The number of rotatable bonds is 5. The van der Waals surface area contributed by atoms with Crippen LogP contribution in [0.4, 0.5) is 10.8 Å². The molecule has 1 heterocycles. The van der Waals surface area contributed by atoms with Gasteiger partial charge in [-0.25, -0.2) is 8.42 Å². The Balaban J connectivity index is 2.82.